The van der Waals surface area contributed by atoms with E-state index in [-0.39, 0.29) is 22.3 Å². The molecule has 1 aliphatic carbocycles. The number of Topliss-reactive ketones (excluding diaryl/α,β-unsaturated/α-hetero) is 1. The van der Waals surface area contributed by atoms with Crippen LogP contribution in [0.4, 0.5) is 11.5 Å². The number of fused-ring (bicyclic) bond motifs is 2. The molecule has 0 radical (unpaired) electrons. The first-order valence-corrected chi connectivity index (χ1v) is 19.5. The first kappa shape index (κ1) is 29.2. The number of carbonyl (C=O) groups excluding carboxylic acids is 1. The summed E-state index contributed by atoms with van der Waals surface area (Å²) in [4.78, 5) is 33.3. The summed E-state index contributed by atoms with van der Waals surface area (Å²) >= 11 is 12.6. The maximum atomic E-state index is 12.5. The summed E-state index contributed by atoms with van der Waals surface area (Å²) in [5.74, 6) is -0.169. The van der Waals surface area contributed by atoms with Crippen LogP contribution in [0.3, 0.4) is 0 Å². The topological polar surface area (TPSA) is 129 Å². The molecular formula is C24H26Cl2N4O5P4. The van der Waals surface area contributed by atoms with E-state index in [2.05, 4.69) is 13.9 Å². The Hall–Kier alpha value is -1.26. The molecule has 2 aliphatic heterocycles. The third-order valence-electron chi connectivity index (χ3n) is 6.81. The Morgan fingerprint density at radius 1 is 1.31 bits per heavy atom. The van der Waals surface area contributed by atoms with Gasteiger partial charge in [0.25, 0.3) is 0 Å². The van der Waals surface area contributed by atoms with Gasteiger partial charge in [-0.15, -0.1) is 8.93 Å². The molecule has 9 nitrogen and oxygen atoms in total. The third-order valence-corrected chi connectivity index (χ3v) is 16.7. The monoisotopic (exact) mass is 644 g/mol. The lowest BCUT2D eigenvalue weighted by Gasteiger charge is -2.36. The van der Waals surface area contributed by atoms with Crippen LogP contribution in [0.2, 0.25) is 0 Å². The first-order valence-electron chi connectivity index (χ1n) is 11.9. The van der Waals surface area contributed by atoms with Crippen molar-refractivity contribution in [3.05, 3.63) is 68.2 Å². The van der Waals surface area contributed by atoms with Crippen LogP contribution in [0.15, 0.2) is 62.0 Å². The van der Waals surface area contributed by atoms with Crippen molar-refractivity contribution in [1.82, 2.24) is 9.55 Å². The number of carbonyl (C=O) groups is 1. The minimum absolute atomic E-state index is 0.0339. The molecule has 3 N–H and O–H groups in total. The van der Waals surface area contributed by atoms with Crippen molar-refractivity contribution < 1.29 is 19.4 Å². The van der Waals surface area contributed by atoms with Crippen LogP contribution in [0.5, 0.6) is 5.75 Å². The van der Waals surface area contributed by atoms with E-state index in [9.17, 15) is 14.7 Å². The molecule has 5 rings (SSSR count). The molecule has 0 bridgehead atoms. The molecule has 3 aliphatic rings. The fraction of sp³-hybridized carbons (Fsp3) is 0.333. The molecule has 1 aromatic heterocycles. The molecule has 1 saturated heterocycles. The fourth-order valence-electron chi connectivity index (χ4n) is 4.93. The quantitative estimate of drug-likeness (QED) is 0.317. The predicted octanol–water partition coefficient (Wildman–Crippen LogP) is 5.10. The minimum Gasteiger partial charge on any atom is -0.483 e. The number of rotatable bonds is 7. The summed E-state index contributed by atoms with van der Waals surface area (Å²) < 4.78 is 14.0. The van der Waals surface area contributed by atoms with Crippen LogP contribution < -0.4 is 16.2 Å². The van der Waals surface area contributed by atoms with Gasteiger partial charge in [0.2, 0.25) is 5.78 Å². The Morgan fingerprint density at radius 2 is 2.08 bits per heavy atom. The first-order chi connectivity index (χ1) is 18.5. The standard InChI is InChI=1S/C24H26Cl2N4O5P4/c1-24(2)11-7-10(3-4-13(11)28-14-8-12(25)20(32)19(26)18(14)24)34-22(37-39-38-36)21-15(31)9-17(35-21)30-6-5-16(27)29-23(30)33/h3-8,15,17,21-22,31,37-39H,9,36H2,1-2H3,(H2,27,29,33)/t15-,17+,21-,22?/m0/s1. The van der Waals surface area contributed by atoms with Crippen molar-refractivity contribution in [3.63, 3.8) is 0 Å². The van der Waals surface area contributed by atoms with E-state index in [1.54, 1.807) is 6.08 Å². The van der Waals surface area contributed by atoms with E-state index < -0.39 is 41.2 Å². The number of aliphatic imine (C=N–C) groups is 1. The van der Waals surface area contributed by atoms with Gasteiger partial charge in [-0.1, -0.05) is 53.0 Å². The van der Waals surface area contributed by atoms with E-state index in [0.29, 0.717) is 41.2 Å². The van der Waals surface area contributed by atoms with Gasteiger partial charge in [-0.05, 0) is 44.2 Å². The number of aromatic nitrogens is 2. The summed E-state index contributed by atoms with van der Waals surface area (Å²) in [5, 5.41) is 11.0. The van der Waals surface area contributed by atoms with Gasteiger partial charge in [0.05, 0.1) is 27.6 Å². The number of ether oxygens (including phenoxy) is 2. The number of aliphatic hydroxyl groups excluding tert-OH is 1. The summed E-state index contributed by atoms with van der Waals surface area (Å²) in [7, 11) is 4.35. The second-order valence-corrected chi connectivity index (χ2v) is 19.2. The Morgan fingerprint density at radius 3 is 2.79 bits per heavy atom. The summed E-state index contributed by atoms with van der Waals surface area (Å²) in [6.07, 6.45) is 1.12. The van der Waals surface area contributed by atoms with Crippen molar-refractivity contribution in [3.8, 4) is 5.75 Å². The lowest BCUT2D eigenvalue weighted by Crippen LogP contribution is -2.36. The summed E-state index contributed by atoms with van der Waals surface area (Å²) in [5.41, 5.74) is 7.19. The number of nitrogens with two attached hydrogens (primary N) is 1. The van der Waals surface area contributed by atoms with Crippen molar-refractivity contribution in [2.45, 2.75) is 50.0 Å². The number of hydrogen-bond donors (Lipinski definition) is 2. The number of ketones is 1. The highest BCUT2D eigenvalue weighted by Gasteiger charge is 2.43. The van der Waals surface area contributed by atoms with Gasteiger partial charge in [-0.2, -0.15) is 4.98 Å². The maximum Gasteiger partial charge on any atom is 0.351 e. The molecule has 0 amide bonds. The zero-order chi connectivity index (χ0) is 28.1. The maximum absolute atomic E-state index is 12.5. The largest absolute Gasteiger partial charge is 0.483 e. The molecule has 3 heterocycles. The van der Waals surface area contributed by atoms with Gasteiger partial charge < -0.3 is 20.3 Å². The molecule has 206 valence electrons. The van der Waals surface area contributed by atoms with Crippen LogP contribution >= 0.6 is 56.3 Å². The number of halogens is 2. The lowest BCUT2D eigenvalue weighted by atomic mass is 9.71. The molecule has 2 aromatic rings. The summed E-state index contributed by atoms with van der Waals surface area (Å²) in [6, 6.07) is 7.10. The number of aliphatic hydroxyl groups is 1. The van der Waals surface area contributed by atoms with Gasteiger partial charge in [0.1, 0.15) is 29.7 Å². The van der Waals surface area contributed by atoms with Gasteiger partial charge in [0, 0.05) is 23.6 Å². The van der Waals surface area contributed by atoms with E-state index in [1.165, 1.54) is 16.8 Å². The predicted molar refractivity (Wildman–Crippen MR) is 165 cm³/mol. The van der Waals surface area contributed by atoms with Crippen molar-refractivity contribution in [1.29, 1.82) is 0 Å². The van der Waals surface area contributed by atoms with Gasteiger partial charge >= 0.3 is 5.69 Å². The molecular weight excluding hydrogens is 619 g/mol. The molecule has 1 fully saturated rings. The minimum atomic E-state index is -0.843. The Labute approximate surface area is 242 Å². The number of hydrogen-bond acceptors (Lipinski definition) is 8. The number of benzene rings is 1. The number of anilines is 1. The normalized spacial score (nSPS) is 25.5. The second kappa shape index (κ2) is 11.6. The molecule has 0 saturated carbocycles. The number of nitrogen functional groups attached to an aromatic ring is 1. The van der Waals surface area contributed by atoms with Crippen LogP contribution in [-0.4, -0.2) is 44.2 Å². The molecule has 39 heavy (non-hydrogen) atoms. The molecule has 15 heteroatoms. The lowest BCUT2D eigenvalue weighted by molar-refractivity contribution is -0.111. The average molecular weight is 645 g/mol. The van der Waals surface area contributed by atoms with Crippen LogP contribution in [0.1, 0.15) is 32.1 Å². The van der Waals surface area contributed by atoms with E-state index >= 15 is 0 Å². The van der Waals surface area contributed by atoms with E-state index in [1.807, 2.05) is 32.0 Å². The van der Waals surface area contributed by atoms with Crippen LogP contribution in [0.25, 0.3) is 0 Å². The number of nitrogens with zero attached hydrogens (tertiary/aromatic N) is 3. The summed E-state index contributed by atoms with van der Waals surface area (Å²) in [6.45, 7) is 3.95. The van der Waals surface area contributed by atoms with Crippen molar-refractivity contribution in [2.75, 3.05) is 5.73 Å². The SMILES string of the molecule is CC1(C)C2=C(Cl)C(=O)C(Cl)=CC2=Nc2ccc(OC(PPPP)[C@H]3O[C@@H](n4ccc(N)nc4=O)C[C@@H]3O)cc21. The third kappa shape index (κ3) is 5.63. The number of allylic oxidation sites excluding steroid dienone is 4. The second-order valence-electron chi connectivity index (χ2n) is 9.66. The van der Waals surface area contributed by atoms with Crippen molar-refractivity contribution in [2.24, 2.45) is 4.99 Å². The molecule has 5 unspecified atom stereocenters. The van der Waals surface area contributed by atoms with Gasteiger partial charge in [0.15, 0.2) is 0 Å². The van der Waals surface area contributed by atoms with Gasteiger partial charge in [-0.25, -0.2) is 9.79 Å². The fourth-order valence-corrected chi connectivity index (χ4v) is 12.1. The Balaban J connectivity index is 1.45. The molecule has 8 atom stereocenters. The zero-order valence-corrected chi connectivity index (χ0v) is 26.5. The molecule has 1 aromatic carbocycles. The highest BCUT2D eigenvalue weighted by Crippen LogP contribution is 2.60. The van der Waals surface area contributed by atoms with E-state index in [0.717, 1.165) is 11.3 Å². The average Bonchev–Trinajstić information content (AvgIpc) is 3.26. The highest BCUT2D eigenvalue weighted by atomic mass is 35.5. The van der Waals surface area contributed by atoms with Gasteiger partial charge in [-0.3, -0.25) is 9.36 Å². The molecule has 0 spiro atoms. The Bertz CT molecular complexity index is 1500. The highest BCUT2D eigenvalue weighted by molar-refractivity contribution is 8.57. The van der Waals surface area contributed by atoms with Crippen LogP contribution in [-0.2, 0) is 14.9 Å². The smallest absolute Gasteiger partial charge is 0.351 e. The van der Waals surface area contributed by atoms with Crippen molar-refractivity contribution >= 4 is 79.3 Å². The Kier molecular flexibility index (Phi) is 8.66. The van der Waals surface area contributed by atoms with Crippen LogP contribution in [0, 0.1) is 0 Å². The van der Waals surface area contributed by atoms with E-state index in [4.69, 9.17) is 43.4 Å². The zero-order valence-electron chi connectivity index (χ0n) is 20.8.